The second-order valence-corrected chi connectivity index (χ2v) is 14.9. The lowest BCUT2D eigenvalue weighted by Crippen LogP contribution is -2.10. The van der Waals surface area contributed by atoms with Gasteiger partial charge < -0.3 is 4.42 Å². The molecule has 0 aliphatic heterocycles. The van der Waals surface area contributed by atoms with E-state index >= 15 is 0 Å². The first-order chi connectivity index (χ1) is 24.9. The van der Waals surface area contributed by atoms with Gasteiger partial charge in [0, 0.05) is 16.3 Å². The molecule has 9 aromatic carbocycles. The molecule has 0 atom stereocenters. The zero-order chi connectivity index (χ0) is 34.3. The van der Waals surface area contributed by atoms with Gasteiger partial charge in [-0.3, -0.25) is 0 Å². The lowest BCUT2D eigenvalue weighted by atomic mass is 9.85. The van der Waals surface area contributed by atoms with Crippen molar-refractivity contribution in [3.05, 3.63) is 169 Å². The van der Waals surface area contributed by atoms with Crippen molar-refractivity contribution in [1.82, 2.24) is 0 Å². The minimum Gasteiger partial charge on any atom is -0.455 e. The topological polar surface area (TPSA) is 13.1 Å². The van der Waals surface area contributed by atoms with Crippen molar-refractivity contribution in [2.75, 3.05) is 0 Å². The number of fused-ring (bicyclic) bond motifs is 3. The van der Waals surface area contributed by atoms with Crippen molar-refractivity contribution < 1.29 is 4.42 Å². The Bertz CT molecular complexity index is 2900. The summed E-state index contributed by atoms with van der Waals surface area (Å²) in [5, 5.41) is 10.2. The Labute approximate surface area is 297 Å². The molecule has 1 nitrogen and oxygen atoms in total. The molecule has 0 amide bonds. The van der Waals surface area contributed by atoms with E-state index in [0.29, 0.717) is 0 Å². The van der Waals surface area contributed by atoms with E-state index in [0.717, 1.165) is 33.1 Å². The fourth-order valence-corrected chi connectivity index (χ4v) is 8.11. The van der Waals surface area contributed by atoms with Crippen LogP contribution >= 0.6 is 0 Å². The normalized spacial score (nSPS) is 12.2. The molecule has 0 saturated heterocycles. The molecule has 0 radical (unpaired) electrons. The van der Waals surface area contributed by atoms with Crippen molar-refractivity contribution in [3.8, 4) is 44.5 Å². The van der Waals surface area contributed by atoms with E-state index < -0.39 is 0 Å². The molecule has 10 rings (SSSR count). The zero-order valence-electron chi connectivity index (χ0n) is 29.0. The maximum atomic E-state index is 6.32. The number of hydrogen-bond donors (Lipinski definition) is 0. The molecule has 242 valence electrons. The van der Waals surface area contributed by atoms with Crippen LogP contribution in [0.5, 0.6) is 0 Å². The summed E-state index contributed by atoms with van der Waals surface area (Å²) in [4.78, 5) is 0. The third-order valence-corrected chi connectivity index (χ3v) is 10.9. The van der Waals surface area contributed by atoms with Crippen molar-refractivity contribution in [3.63, 3.8) is 0 Å². The SMILES string of the molecule is CC(C)(C)c1ccc(-c2ccc3ccc4c(-c5ccc(-c6ccc(-c7cccc8c7oc7ccccc78)cc6)cc5)ccc5ccc2c3c54)cc1. The van der Waals surface area contributed by atoms with Crippen LogP contribution in [0.4, 0.5) is 0 Å². The summed E-state index contributed by atoms with van der Waals surface area (Å²) < 4.78 is 6.32. The van der Waals surface area contributed by atoms with Crippen LogP contribution in [-0.2, 0) is 5.41 Å². The quantitative estimate of drug-likeness (QED) is 0.172. The first kappa shape index (κ1) is 29.7. The average molecular weight is 653 g/mol. The fraction of sp³-hybridized carbons (Fsp3) is 0.0800. The van der Waals surface area contributed by atoms with Gasteiger partial charge in [-0.05, 0) is 88.3 Å². The maximum absolute atomic E-state index is 6.32. The molecule has 10 aromatic rings. The lowest BCUT2D eigenvalue weighted by Gasteiger charge is -2.20. The summed E-state index contributed by atoms with van der Waals surface area (Å²) in [5.74, 6) is 0. The van der Waals surface area contributed by atoms with Gasteiger partial charge in [-0.25, -0.2) is 0 Å². The fourth-order valence-electron chi connectivity index (χ4n) is 8.11. The molecule has 1 heteroatoms. The highest BCUT2D eigenvalue weighted by Gasteiger charge is 2.17. The van der Waals surface area contributed by atoms with Crippen LogP contribution in [-0.4, -0.2) is 0 Å². The number of para-hydroxylation sites is 2. The second kappa shape index (κ2) is 11.2. The Morgan fingerprint density at radius 3 is 1.39 bits per heavy atom. The van der Waals surface area contributed by atoms with Gasteiger partial charge in [-0.15, -0.1) is 0 Å². The van der Waals surface area contributed by atoms with Gasteiger partial charge in [0.05, 0.1) is 0 Å². The van der Waals surface area contributed by atoms with Crippen molar-refractivity contribution in [2.45, 2.75) is 26.2 Å². The van der Waals surface area contributed by atoms with Gasteiger partial charge >= 0.3 is 0 Å². The van der Waals surface area contributed by atoms with Crippen molar-refractivity contribution >= 4 is 54.3 Å². The van der Waals surface area contributed by atoms with E-state index in [4.69, 9.17) is 4.42 Å². The summed E-state index contributed by atoms with van der Waals surface area (Å²) in [6.07, 6.45) is 0. The van der Waals surface area contributed by atoms with Gasteiger partial charge in [-0.2, -0.15) is 0 Å². The number of furan rings is 1. The Balaban J connectivity index is 1.01. The minimum atomic E-state index is 0.132. The molecular weight excluding hydrogens is 617 g/mol. The van der Waals surface area contributed by atoms with E-state index in [1.165, 1.54) is 71.3 Å². The summed E-state index contributed by atoms with van der Waals surface area (Å²) in [6, 6.07) is 60.1. The number of rotatable bonds is 4. The summed E-state index contributed by atoms with van der Waals surface area (Å²) in [7, 11) is 0. The van der Waals surface area contributed by atoms with Crippen LogP contribution in [0.3, 0.4) is 0 Å². The molecule has 0 saturated carbocycles. The van der Waals surface area contributed by atoms with Gasteiger partial charge in [0.25, 0.3) is 0 Å². The highest BCUT2D eigenvalue weighted by molar-refractivity contribution is 6.27. The Morgan fingerprint density at radius 2 is 0.824 bits per heavy atom. The summed E-state index contributed by atoms with van der Waals surface area (Å²) in [6.45, 7) is 6.81. The maximum Gasteiger partial charge on any atom is 0.143 e. The molecule has 0 bridgehead atoms. The van der Waals surface area contributed by atoms with E-state index in [1.54, 1.807) is 0 Å². The standard InChI is InChI=1S/C50H36O/c1-50(2,3)38-25-19-34(20-26-38)40-28-22-37-23-29-43-39(27-21-36-24-30-44(40)48(37)47(36)43)33-15-11-31(12-16-33)32-13-17-35(18-14-32)41-8-6-9-45-42-7-4-5-10-46(42)51-49(41)45/h4-30H,1-3H3. The predicted octanol–water partition coefficient (Wildman–Crippen LogP) is 14.4. The summed E-state index contributed by atoms with van der Waals surface area (Å²) in [5.41, 5.74) is 13.0. The third kappa shape index (κ3) is 4.77. The van der Waals surface area contributed by atoms with E-state index in [9.17, 15) is 0 Å². The van der Waals surface area contributed by atoms with E-state index in [-0.39, 0.29) is 5.41 Å². The van der Waals surface area contributed by atoms with Gasteiger partial charge in [-0.1, -0.05) is 178 Å². The van der Waals surface area contributed by atoms with Crippen molar-refractivity contribution in [1.29, 1.82) is 0 Å². The Kier molecular flexibility index (Phi) is 6.51. The van der Waals surface area contributed by atoms with Crippen LogP contribution in [0, 0.1) is 0 Å². The first-order valence-corrected chi connectivity index (χ1v) is 17.8. The largest absolute Gasteiger partial charge is 0.455 e. The molecule has 0 fully saturated rings. The van der Waals surface area contributed by atoms with Gasteiger partial charge in [0.1, 0.15) is 11.2 Å². The Hall–Kier alpha value is -6.18. The third-order valence-electron chi connectivity index (χ3n) is 10.9. The van der Waals surface area contributed by atoms with Crippen LogP contribution in [0.25, 0.3) is 98.8 Å². The molecule has 0 aliphatic rings. The molecule has 0 spiro atoms. The van der Waals surface area contributed by atoms with E-state index in [1.807, 2.05) is 12.1 Å². The monoisotopic (exact) mass is 652 g/mol. The van der Waals surface area contributed by atoms with Crippen molar-refractivity contribution in [2.24, 2.45) is 0 Å². The molecule has 51 heavy (non-hydrogen) atoms. The molecule has 0 unspecified atom stereocenters. The van der Waals surface area contributed by atoms with Gasteiger partial charge in [0.2, 0.25) is 0 Å². The van der Waals surface area contributed by atoms with Crippen LogP contribution in [0.1, 0.15) is 26.3 Å². The lowest BCUT2D eigenvalue weighted by molar-refractivity contribution is 0.590. The molecule has 0 N–H and O–H groups in total. The average Bonchev–Trinajstić information content (AvgIpc) is 3.56. The van der Waals surface area contributed by atoms with Crippen LogP contribution in [0.15, 0.2) is 168 Å². The predicted molar refractivity (Wildman–Crippen MR) is 218 cm³/mol. The summed E-state index contributed by atoms with van der Waals surface area (Å²) >= 11 is 0. The molecule has 1 aromatic heterocycles. The Morgan fingerprint density at radius 1 is 0.353 bits per heavy atom. The molecule has 0 aliphatic carbocycles. The smallest absolute Gasteiger partial charge is 0.143 e. The molecular formula is C50H36O. The minimum absolute atomic E-state index is 0.132. The van der Waals surface area contributed by atoms with Crippen LogP contribution in [0.2, 0.25) is 0 Å². The second-order valence-electron chi connectivity index (χ2n) is 14.9. The highest BCUT2D eigenvalue weighted by atomic mass is 16.3. The van der Waals surface area contributed by atoms with Gasteiger partial charge in [0.15, 0.2) is 0 Å². The number of benzene rings is 9. The molecule has 1 heterocycles. The highest BCUT2D eigenvalue weighted by Crippen LogP contribution is 2.43. The van der Waals surface area contributed by atoms with Crippen LogP contribution < -0.4 is 0 Å². The first-order valence-electron chi connectivity index (χ1n) is 17.8. The van der Waals surface area contributed by atoms with E-state index in [2.05, 4.69) is 172 Å². The number of hydrogen-bond acceptors (Lipinski definition) is 1. The zero-order valence-corrected chi connectivity index (χ0v) is 29.0.